The van der Waals surface area contributed by atoms with Crippen molar-refractivity contribution in [1.82, 2.24) is 20.0 Å². The van der Waals surface area contributed by atoms with E-state index in [9.17, 15) is 10.1 Å². The molecule has 0 atom stereocenters. The average Bonchev–Trinajstić information content (AvgIpc) is 3.17. The number of hydrogen-bond donors (Lipinski definition) is 1. The first kappa shape index (κ1) is 20.3. The molecule has 0 amide bonds. The van der Waals surface area contributed by atoms with Gasteiger partial charge in [-0.3, -0.25) is 15.1 Å². The standard InChI is InChI=1S/C19H11BrCl2N6O2/c20-18(22)15(21)17(28(29)30)19(27-14-9-2-1-7-12(14)25-26-27)24-13-8-3-5-11-6-4-10-23-16(11)13/h1-10,24H/b18-15-,19-17+. The number of hydrogen-bond acceptors (Lipinski definition) is 6. The number of pyridine rings is 1. The zero-order valence-electron chi connectivity index (χ0n) is 15.0. The fraction of sp³-hybridized carbons (Fsp3) is 0. The quantitative estimate of drug-likeness (QED) is 0.217. The van der Waals surface area contributed by atoms with Crippen LogP contribution in [-0.4, -0.2) is 24.9 Å². The fourth-order valence-corrected chi connectivity index (χ4v) is 3.38. The number of nitrogens with one attached hydrogen (secondary N) is 1. The number of aromatic nitrogens is 4. The smallest absolute Gasteiger partial charge is 0.332 e. The van der Waals surface area contributed by atoms with Gasteiger partial charge in [0, 0.05) is 11.6 Å². The monoisotopic (exact) mass is 504 g/mol. The van der Waals surface area contributed by atoms with Crippen LogP contribution in [0, 0.1) is 10.1 Å². The molecule has 150 valence electrons. The lowest BCUT2D eigenvalue weighted by Gasteiger charge is -2.14. The Bertz CT molecular complexity index is 1340. The van der Waals surface area contributed by atoms with Crippen LogP contribution in [0.15, 0.2) is 75.5 Å². The van der Waals surface area contributed by atoms with Crippen molar-refractivity contribution in [2.45, 2.75) is 0 Å². The third-order valence-electron chi connectivity index (χ3n) is 4.23. The van der Waals surface area contributed by atoms with Gasteiger partial charge in [-0.05, 0) is 40.2 Å². The minimum absolute atomic E-state index is 0.0329. The molecular weight excluding hydrogens is 495 g/mol. The van der Waals surface area contributed by atoms with Crippen LogP contribution in [0.4, 0.5) is 5.69 Å². The van der Waals surface area contributed by atoms with Gasteiger partial charge in [0.2, 0.25) is 5.82 Å². The minimum Gasteiger partial charge on any atom is -0.333 e. The molecule has 0 aliphatic rings. The van der Waals surface area contributed by atoms with E-state index in [1.807, 2.05) is 18.2 Å². The first-order chi connectivity index (χ1) is 14.5. The van der Waals surface area contributed by atoms with Crippen molar-refractivity contribution in [3.63, 3.8) is 0 Å². The molecule has 11 heteroatoms. The number of halogens is 3. The van der Waals surface area contributed by atoms with Gasteiger partial charge >= 0.3 is 5.70 Å². The summed E-state index contributed by atoms with van der Waals surface area (Å²) < 4.78 is 1.19. The van der Waals surface area contributed by atoms with Gasteiger partial charge < -0.3 is 5.32 Å². The molecule has 0 fully saturated rings. The summed E-state index contributed by atoms with van der Waals surface area (Å²) in [6.45, 7) is 0. The van der Waals surface area contributed by atoms with Gasteiger partial charge in [-0.1, -0.05) is 58.7 Å². The van der Waals surface area contributed by atoms with Crippen molar-refractivity contribution < 1.29 is 4.92 Å². The Labute approximate surface area is 188 Å². The number of anilines is 1. The second-order valence-corrected chi connectivity index (χ2v) is 8.03. The van der Waals surface area contributed by atoms with Crippen LogP contribution in [0.2, 0.25) is 0 Å². The van der Waals surface area contributed by atoms with E-state index >= 15 is 0 Å². The Kier molecular flexibility index (Phi) is 5.67. The van der Waals surface area contributed by atoms with Crippen molar-refractivity contribution in [2.24, 2.45) is 0 Å². The molecule has 4 aromatic rings. The molecule has 8 nitrogen and oxygen atoms in total. The van der Waals surface area contributed by atoms with Crippen LogP contribution in [0.5, 0.6) is 0 Å². The highest BCUT2D eigenvalue weighted by molar-refractivity contribution is 9.12. The van der Waals surface area contributed by atoms with Crippen LogP contribution in [0.25, 0.3) is 27.8 Å². The molecule has 1 N–H and O–H groups in total. The molecule has 2 heterocycles. The Morgan fingerprint density at radius 1 is 1.10 bits per heavy atom. The Morgan fingerprint density at radius 2 is 1.87 bits per heavy atom. The number of benzene rings is 2. The van der Waals surface area contributed by atoms with Gasteiger partial charge in [0.15, 0.2) is 0 Å². The maximum Gasteiger partial charge on any atom is 0.332 e. The lowest BCUT2D eigenvalue weighted by Crippen LogP contribution is -2.16. The van der Waals surface area contributed by atoms with Crippen molar-refractivity contribution in [3.8, 4) is 0 Å². The Morgan fingerprint density at radius 3 is 2.63 bits per heavy atom. The molecule has 2 aromatic carbocycles. The second kappa shape index (κ2) is 8.39. The molecular formula is C19H11BrCl2N6O2. The molecule has 4 rings (SSSR count). The lowest BCUT2D eigenvalue weighted by molar-refractivity contribution is -0.419. The first-order valence-corrected chi connectivity index (χ1v) is 10.0. The molecule has 30 heavy (non-hydrogen) atoms. The van der Waals surface area contributed by atoms with Crippen LogP contribution >= 0.6 is 39.1 Å². The summed E-state index contributed by atoms with van der Waals surface area (Å²) in [6, 6.07) is 16.2. The van der Waals surface area contributed by atoms with Gasteiger partial charge in [0.25, 0.3) is 0 Å². The van der Waals surface area contributed by atoms with Gasteiger partial charge in [0.05, 0.1) is 21.6 Å². The fourth-order valence-electron chi connectivity index (χ4n) is 2.94. The Balaban J connectivity index is 2.02. The van der Waals surface area contributed by atoms with E-state index < -0.39 is 10.6 Å². The van der Waals surface area contributed by atoms with E-state index in [4.69, 9.17) is 23.2 Å². The van der Waals surface area contributed by atoms with E-state index in [1.165, 1.54) is 4.68 Å². The Hall–Kier alpha value is -3.01. The topological polar surface area (TPSA) is 98.8 Å². The van der Waals surface area contributed by atoms with Crippen molar-refractivity contribution >= 4 is 72.6 Å². The van der Waals surface area contributed by atoms with Crippen LogP contribution < -0.4 is 5.32 Å². The predicted octanol–water partition coefficient (Wildman–Crippen LogP) is 5.54. The predicted molar refractivity (Wildman–Crippen MR) is 121 cm³/mol. The third kappa shape index (κ3) is 3.74. The van der Waals surface area contributed by atoms with E-state index in [2.05, 4.69) is 36.5 Å². The molecule has 0 saturated carbocycles. The largest absolute Gasteiger partial charge is 0.333 e. The number of nitrogens with zero attached hydrogens (tertiary/aromatic N) is 5. The average molecular weight is 506 g/mol. The van der Waals surface area contributed by atoms with E-state index in [0.29, 0.717) is 22.2 Å². The second-order valence-electron chi connectivity index (χ2n) is 6.02. The van der Waals surface area contributed by atoms with Gasteiger partial charge in [-0.2, -0.15) is 4.68 Å². The first-order valence-electron chi connectivity index (χ1n) is 8.49. The van der Waals surface area contributed by atoms with Crippen molar-refractivity contribution in [2.75, 3.05) is 5.32 Å². The van der Waals surface area contributed by atoms with Gasteiger partial charge in [0.1, 0.15) is 14.5 Å². The SMILES string of the molecule is O=[N+]([O-])C(/C(Cl)=C(/Cl)Br)=C(\Nc1cccc2cccnc12)n1nnc2ccccc21. The summed E-state index contributed by atoms with van der Waals surface area (Å²) in [5, 5.41) is 23.8. The molecule has 0 bridgehead atoms. The lowest BCUT2D eigenvalue weighted by atomic mass is 10.2. The molecule has 0 aliphatic carbocycles. The summed E-state index contributed by atoms with van der Waals surface area (Å²) in [5.74, 6) is -0.0329. The van der Waals surface area contributed by atoms with Crippen LogP contribution in [0.3, 0.4) is 0 Å². The highest BCUT2D eigenvalue weighted by Crippen LogP contribution is 2.33. The zero-order valence-corrected chi connectivity index (χ0v) is 18.1. The number of nitro groups is 1. The molecule has 0 saturated heterocycles. The molecule has 2 aromatic heterocycles. The van der Waals surface area contributed by atoms with Crippen molar-refractivity contribution in [1.29, 1.82) is 0 Å². The van der Waals surface area contributed by atoms with Gasteiger partial charge in [-0.25, -0.2) is 0 Å². The minimum atomic E-state index is -0.636. The maximum absolute atomic E-state index is 12.0. The summed E-state index contributed by atoms with van der Waals surface area (Å²) in [6.07, 6.45) is 1.64. The third-order valence-corrected chi connectivity index (χ3v) is 5.51. The van der Waals surface area contributed by atoms with Gasteiger partial charge in [-0.15, -0.1) is 5.10 Å². The summed E-state index contributed by atoms with van der Waals surface area (Å²) in [7, 11) is 0. The highest BCUT2D eigenvalue weighted by atomic mass is 79.9. The summed E-state index contributed by atoms with van der Waals surface area (Å²) in [5.41, 5.74) is 1.76. The highest BCUT2D eigenvalue weighted by Gasteiger charge is 2.29. The number of allylic oxidation sites excluding steroid dienone is 1. The van der Waals surface area contributed by atoms with E-state index in [0.717, 1.165) is 5.39 Å². The molecule has 0 spiro atoms. The normalized spacial score (nSPS) is 13.2. The van der Waals surface area contributed by atoms with Crippen LogP contribution in [-0.2, 0) is 0 Å². The van der Waals surface area contributed by atoms with Crippen LogP contribution in [0.1, 0.15) is 0 Å². The summed E-state index contributed by atoms with van der Waals surface area (Å²) >= 11 is 15.1. The summed E-state index contributed by atoms with van der Waals surface area (Å²) in [4.78, 5) is 15.8. The molecule has 0 unspecified atom stereocenters. The van der Waals surface area contributed by atoms with Crippen molar-refractivity contribution in [3.05, 3.63) is 85.6 Å². The number of rotatable bonds is 5. The molecule has 0 aliphatic heterocycles. The molecule has 0 radical (unpaired) electrons. The zero-order chi connectivity index (χ0) is 21.3. The van der Waals surface area contributed by atoms with E-state index in [1.54, 1.807) is 42.6 Å². The maximum atomic E-state index is 12.0. The van der Waals surface area contributed by atoms with E-state index in [-0.39, 0.29) is 14.8 Å². The number of fused-ring (bicyclic) bond motifs is 2. The number of para-hydroxylation sites is 2.